The van der Waals surface area contributed by atoms with E-state index in [0.29, 0.717) is 5.56 Å². The number of benzene rings is 2. The molecule has 120 valence electrons. The van der Waals surface area contributed by atoms with Gasteiger partial charge in [-0.2, -0.15) is 8.42 Å². The van der Waals surface area contributed by atoms with Crippen LogP contribution in [0.15, 0.2) is 47.4 Å². The lowest BCUT2D eigenvalue weighted by atomic mass is 10.0. The Balaban J connectivity index is 2.47. The normalized spacial score (nSPS) is 11.2. The Morgan fingerprint density at radius 2 is 1.39 bits per heavy atom. The van der Waals surface area contributed by atoms with Gasteiger partial charge < -0.3 is 0 Å². The van der Waals surface area contributed by atoms with E-state index in [-0.39, 0.29) is 16.9 Å². The van der Waals surface area contributed by atoms with Crippen molar-refractivity contribution in [2.75, 3.05) is 0 Å². The van der Waals surface area contributed by atoms with E-state index < -0.39 is 31.3 Å². The highest BCUT2D eigenvalue weighted by Gasteiger charge is 2.24. The summed E-state index contributed by atoms with van der Waals surface area (Å²) in [6, 6.07) is 8.43. The lowest BCUT2D eigenvalue weighted by molar-refractivity contribution is -0.395. The van der Waals surface area contributed by atoms with Gasteiger partial charge in [0, 0.05) is 18.6 Å². The molecule has 0 aliphatic carbocycles. The molecule has 0 unspecified atom stereocenters. The van der Waals surface area contributed by atoms with Crippen molar-refractivity contribution < 1.29 is 22.8 Å². The molecule has 0 aromatic heterocycles. The van der Waals surface area contributed by atoms with Crippen molar-refractivity contribution in [2.45, 2.75) is 11.3 Å². The van der Waals surface area contributed by atoms with E-state index in [1.165, 1.54) is 18.2 Å². The zero-order chi connectivity index (χ0) is 17.2. The van der Waals surface area contributed by atoms with Gasteiger partial charge in [0.25, 0.3) is 21.5 Å². The highest BCUT2D eigenvalue weighted by Crippen LogP contribution is 2.30. The minimum Gasteiger partial charge on any atom is -0.282 e. The second-order valence-electron chi connectivity index (χ2n) is 4.58. The molecule has 0 saturated carbocycles. The van der Waals surface area contributed by atoms with Crippen LogP contribution in [-0.4, -0.2) is 22.8 Å². The van der Waals surface area contributed by atoms with E-state index in [4.69, 9.17) is 4.55 Å². The van der Waals surface area contributed by atoms with Gasteiger partial charge in [0.15, 0.2) is 0 Å². The van der Waals surface area contributed by atoms with Gasteiger partial charge in [-0.3, -0.25) is 24.8 Å². The zero-order valence-corrected chi connectivity index (χ0v) is 12.3. The Morgan fingerprint density at radius 3 is 1.78 bits per heavy atom. The fourth-order valence-corrected chi connectivity index (χ4v) is 2.55. The van der Waals surface area contributed by atoms with E-state index in [0.717, 1.165) is 24.3 Å². The molecule has 0 atom stereocenters. The molecule has 0 fully saturated rings. The molecular weight excluding hydrogens is 328 g/mol. The average molecular weight is 338 g/mol. The summed E-state index contributed by atoms with van der Waals surface area (Å²) in [5.74, 6) is 0. The molecule has 10 heteroatoms. The van der Waals surface area contributed by atoms with Crippen LogP contribution in [0.3, 0.4) is 0 Å². The minimum absolute atomic E-state index is 0.0814. The molecule has 0 spiro atoms. The van der Waals surface area contributed by atoms with Crippen LogP contribution in [-0.2, 0) is 16.5 Å². The molecule has 2 aromatic carbocycles. The molecule has 0 aliphatic heterocycles. The summed E-state index contributed by atoms with van der Waals surface area (Å²) >= 11 is 0. The van der Waals surface area contributed by atoms with Crippen molar-refractivity contribution in [1.82, 2.24) is 0 Å². The van der Waals surface area contributed by atoms with Crippen molar-refractivity contribution in [3.05, 3.63) is 73.8 Å². The summed E-state index contributed by atoms with van der Waals surface area (Å²) in [5, 5.41) is 22.1. The van der Waals surface area contributed by atoms with Crippen molar-refractivity contribution in [3.63, 3.8) is 0 Å². The lowest BCUT2D eigenvalue weighted by Crippen LogP contribution is -2.02. The van der Waals surface area contributed by atoms with Crippen LogP contribution in [0.2, 0.25) is 0 Å². The lowest BCUT2D eigenvalue weighted by Gasteiger charge is -2.05. The van der Waals surface area contributed by atoms with Crippen molar-refractivity contribution in [1.29, 1.82) is 0 Å². The number of nitrogens with zero attached hydrogens (tertiary/aromatic N) is 2. The highest BCUT2D eigenvalue weighted by atomic mass is 32.2. The summed E-state index contributed by atoms with van der Waals surface area (Å²) in [4.78, 5) is 20.3. The Hall–Kier alpha value is -2.85. The predicted molar refractivity (Wildman–Crippen MR) is 78.8 cm³/mol. The van der Waals surface area contributed by atoms with Crippen LogP contribution in [0.5, 0.6) is 0 Å². The van der Waals surface area contributed by atoms with Gasteiger partial charge in [0.05, 0.1) is 14.7 Å². The smallest absolute Gasteiger partial charge is 0.282 e. The minimum atomic E-state index is -4.35. The molecule has 0 saturated heterocycles. The zero-order valence-electron chi connectivity index (χ0n) is 11.4. The molecular formula is C13H10N2O7S. The van der Waals surface area contributed by atoms with Gasteiger partial charge in [-0.25, -0.2) is 0 Å². The van der Waals surface area contributed by atoms with Crippen molar-refractivity contribution in [2.24, 2.45) is 0 Å². The van der Waals surface area contributed by atoms with Crippen LogP contribution >= 0.6 is 0 Å². The van der Waals surface area contributed by atoms with Crippen molar-refractivity contribution >= 4 is 21.5 Å². The maximum absolute atomic E-state index is 11.0. The molecule has 0 heterocycles. The van der Waals surface area contributed by atoms with E-state index in [2.05, 4.69) is 0 Å². The third-order valence-corrected chi connectivity index (χ3v) is 3.99. The SMILES string of the molecule is O=[N+]([O-])c1cccc([N+](=O)[O-])c1Cc1ccc(S(=O)(=O)O)cc1. The monoisotopic (exact) mass is 338 g/mol. The number of hydrogen-bond donors (Lipinski definition) is 1. The molecule has 2 aromatic rings. The fraction of sp³-hybridized carbons (Fsp3) is 0.0769. The first-order valence-corrected chi connectivity index (χ1v) is 7.61. The third-order valence-electron chi connectivity index (χ3n) is 3.12. The molecule has 0 radical (unpaired) electrons. The molecule has 1 N–H and O–H groups in total. The topological polar surface area (TPSA) is 141 Å². The number of nitro benzene ring substituents is 2. The van der Waals surface area contributed by atoms with Crippen LogP contribution in [0, 0.1) is 20.2 Å². The number of hydrogen-bond acceptors (Lipinski definition) is 6. The fourth-order valence-electron chi connectivity index (χ4n) is 2.07. The Labute approximate surface area is 130 Å². The van der Waals surface area contributed by atoms with Crippen LogP contribution in [0.1, 0.15) is 11.1 Å². The van der Waals surface area contributed by atoms with Crippen molar-refractivity contribution in [3.8, 4) is 0 Å². The van der Waals surface area contributed by atoms with Crippen LogP contribution in [0.25, 0.3) is 0 Å². The largest absolute Gasteiger partial charge is 0.294 e. The average Bonchev–Trinajstić information content (AvgIpc) is 2.46. The third kappa shape index (κ3) is 3.67. The van der Waals surface area contributed by atoms with Crippen LogP contribution in [0.4, 0.5) is 11.4 Å². The first-order chi connectivity index (χ1) is 10.7. The summed E-state index contributed by atoms with van der Waals surface area (Å²) < 4.78 is 30.8. The van der Waals surface area contributed by atoms with Gasteiger partial charge in [-0.05, 0) is 23.8 Å². The summed E-state index contributed by atoms with van der Waals surface area (Å²) in [7, 11) is -4.35. The molecule has 0 bridgehead atoms. The maximum Gasteiger partial charge on any atom is 0.294 e. The number of rotatable bonds is 5. The molecule has 0 aliphatic rings. The molecule has 2 rings (SSSR count). The Kier molecular flexibility index (Phi) is 4.38. The first-order valence-electron chi connectivity index (χ1n) is 6.17. The quantitative estimate of drug-likeness (QED) is 0.501. The van der Waals surface area contributed by atoms with Gasteiger partial charge in [-0.1, -0.05) is 12.1 Å². The van der Waals surface area contributed by atoms with Gasteiger partial charge in [0.2, 0.25) is 0 Å². The van der Waals surface area contributed by atoms with E-state index >= 15 is 0 Å². The first kappa shape index (κ1) is 16.5. The molecule has 23 heavy (non-hydrogen) atoms. The van der Waals surface area contributed by atoms with E-state index in [1.807, 2.05) is 0 Å². The maximum atomic E-state index is 11.0. The number of nitro groups is 2. The van der Waals surface area contributed by atoms with Gasteiger partial charge in [-0.15, -0.1) is 0 Å². The van der Waals surface area contributed by atoms with Crippen LogP contribution < -0.4 is 0 Å². The second kappa shape index (κ2) is 6.10. The Morgan fingerprint density at radius 1 is 0.913 bits per heavy atom. The summed E-state index contributed by atoms with van der Waals surface area (Å²) in [5.41, 5.74) is -0.437. The summed E-state index contributed by atoms with van der Waals surface area (Å²) in [6.45, 7) is 0. The van der Waals surface area contributed by atoms with E-state index in [9.17, 15) is 28.6 Å². The second-order valence-corrected chi connectivity index (χ2v) is 6.01. The highest BCUT2D eigenvalue weighted by molar-refractivity contribution is 7.85. The molecule has 0 amide bonds. The van der Waals surface area contributed by atoms with Gasteiger partial charge in [0.1, 0.15) is 5.56 Å². The van der Waals surface area contributed by atoms with E-state index in [1.54, 1.807) is 0 Å². The Bertz CT molecular complexity index is 843. The predicted octanol–water partition coefficient (Wildman–Crippen LogP) is 2.34. The summed E-state index contributed by atoms with van der Waals surface area (Å²) in [6.07, 6.45) is -0.126. The standard InChI is InChI=1S/C13H10N2O7S/c16-14(17)12-2-1-3-13(15(18)19)11(12)8-9-4-6-10(7-5-9)23(20,21)22/h1-7H,8H2,(H,20,21,22). The van der Waals surface area contributed by atoms with Gasteiger partial charge >= 0.3 is 0 Å². The molecule has 9 nitrogen and oxygen atoms in total.